The molecule has 2 aromatic heterocycles. The lowest BCUT2D eigenvalue weighted by atomic mass is 9.78. The van der Waals surface area contributed by atoms with Gasteiger partial charge in [-0.15, -0.1) is 0 Å². The fourth-order valence-electron chi connectivity index (χ4n) is 4.19. The summed E-state index contributed by atoms with van der Waals surface area (Å²) >= 11 is 0. The number of aryl methyl sites for hydroxylation is 3. The highest BCUT2D eigenvalue weighted by Crippen LogP contribution is 2.35. The molecule has 0 saturated carbocycles. The predicted molar refractivity (Wildman–Crippen MR) is 113 cm³/mol. The summed E-state index contributed by atoms with van der Waals surface area (Å²) in [6.07, 6.45) is -0.277. The lowest BCUT2D eigenvalue weighted by Crippen LogP contribution is -2.62. The van der Waals surface area contributed by atoms with Gasteiger partial charge in [0.1, 0.15) is 5.76 Å². The molecule has 156 valence electrons. The third-order valence-corrected chi connectivity index (χ3v) is 5.66. The highest BCUT2D eigenvalue weighted by Gasteiger charge is 2.45. The van der Waals surface area contributed by atoms with Crippen molar-refractivity contribution >= 4 is 11.6 Å². The zero-order valence-corrected chi connectivity index (χ0v) is 17.4. The number of hydrogen-bond acceptors (Lipinski definition) is 6. The van der Waals surface area contributed by atoms with Crippen molar-refractivity contribution < 1.29 is 14.4 Å². The highest BCUT2D eigenvalue weighted by molar-refractivity contribution is 5.93. The van der Waals surface area contributed by atoms with Crippen LogP contribution >= 0.6 is 0 Å². The Morgan fingerprint density at radius 3 is 2.47 bits per heavy atom. The zero-order valence-electron chi connectivity index (χ0n) is 17.4. The van der Waals surface area contributed by atoms with Crippen molar-refractivity contribution in [3.8, 4) is 0 Å². The molecule has 0 bridgehead atoms. The van der Waals surface area contributed by atoms with E-state index in [2.05, 4.69) is 20.4 Å². The topological polar surface area (TPSA) is 91.5 Å². The number of piperidine rings is 1. The average molecular weight is 406 g/mol. The minimum atomic E-state index is -0.918. The van der Waals surface area contributed by atoms with Gasteiger partial charge >= 0.3 is 0 Å². The number of hydrogen-bond donors (Lipinski definition) is 2. The molecular formula is C23H26N4O3. The number of pyridine rings is 1. The minimum Gasteiger partial charge on any atom is -0.388 e. The standard InChI is InChI=1S/C23H26N4O3/c1-15-11-19(12-16(2)24-15)27-10-9-23(21(28)14-27,18-7-5-4-6-8-18)25-22(29)20-13-17(3)30-26-20/h4-8,11-13,21,28H,9-10,14H2,1-3H3,(H,25,29)/t21-,23+/m1/s1. The van der Waals surface area contributed by atoms with Crippen LogP contribution in [0.25, 0.3) is 0 Å². The monoisotopic (exact) mass is 406 g/mol. The van der Waals surface area contributed by atoms with Gasteiger partial charge in [0, 0.05) is 36.2 Å². The molecule has 4 rings (SSSR count). The number of β-amino-alcohol motifs (C(OH)–C–C–N with tert-alkyl or cyclic N) is 1. The predicted octanol–water partition coefficient (Wildman–Crippen LogP) is 2.89. The lowest BCUT2D eigenvalue weighted by Gasteiger charge is -2.47. The van der Waals surface area contributed by atoms with Gasteiger partial charge in [-0.05, 0) is 44.9 Å². The highest BCUT2D eigenvalue weighted by atomic mass is 16.5. The van der Waals surface area contributed by atoms with E-state index < -0.39 is 11.6 Å². The van der Waals surface area contributed by atoms with Crippen molar-refractivity contribution in [1.82, 2.24) is 15.5 Å². The van der Waals surface area contributed by atoms with Crippen LogP contribution in [0.15, 0.2) is 53.1 Å². The summed E-state index contributed by atoms with van der Waals surface area (Å²) in [5.74, 6) is 0.200. The molecule has 1 saturated heterocycles. The largest absolute Gasteiger partial charge is 0.388 e. The molecule has 3 aromatic rings. The number of amides is 1. The molecule has 2 atom stereocenters. The maximum atomic E-state index is 12.9. The van der Waals surface area contributed by atoms with Crippen LogP contribution in [0.3, 0.4) is 0 Å². The second-order valence-electron chi connectivity index (χ2n) is 7.93. The van der Waals surface area contributed by atoms with Crippen LogP contribution in [0.5, 0.6) is 0 Å². The minimum absolute atomic E-state index is 0.206. The van der Waals surface area contributed by atoms with E-state index in [4.69, 9.17) is 4.52 Å². The molecule has 30 heavy (non-hydrogen) atoms. The lowest BCUT2D eigenvalue weighted by molar-refractivity contribution is 0.0362. The molecule has 1 amide bonds. The van der Waals surface area contributed by atoms with Crippen LogP contribution in [0.4, 0.5) is 5.69 Å². The molecular weight excluding hydrogens is 380 g/mol. The van der Waals surface area contributed by atoms with Gasteiger partial charge in [-0.1, -0.05) is 35.5 Å². The van der Waals surface area contributed by atoms with Gasteiger partial charge in [0.05, 0.1) is 11.6 Å². The normalized spacial score (nSPS) is 21.5. The first kappa shape index (κ1) is 20.1. The molecule has 1 aromatic carbocycles. The summed E-state index contributed by atoms with van der Waals surface area (Å²) in [5.41, 5.74) is 3.06. The van der Waals surface area contributed by atoms with E-state index in [1.54, 1.807) is 13.0 Å². The van der Waals surface area contributed by atoms with Gasteiger partial charge in [-0.2, -0.15) is 0 Å². The van der Waals surface area contributed by atoms with Crippen LogP contribution in [0, 0.1) is 20.8 Å². The zero-order chi connectivity index (χ0) is 21.3. The number of aromatic nitrogens is 2. The van der Waals surface area contributed by atoms with Gasteiger partial charge in [0.25, 0.3) is 5.91 Å². The number of benzene rings is 1. The quantitative estimate of drug-likeness (QED) is 0.692. The first-order valence-electron chi connectivity index (χ1n) is 10.1. The Kier molecular flexibility index (Phi) is 5.30. The van der Waals surface area contributed by atoms with Crippen LogP contribution in [0.1, 0.15) is 39.6 Å². The average Bonchev–Trinajstić information content (AvgIpc) is 3.16. The summed E-state index contributed by atoms with van der Waals surface area (Å²) in [7, 11) is 0. The Balaban J connectivity index is 1.65. The summed E-state index contributed by atoms with van der Waals surface area (Å²) in [6, 6.07) is 15.3. The molecule has 7 nitrogen and oxygen atoms in total. The number of anilines is 1. The fraction of sp³-hybridized carbons (Fsp3) is 0.348. The maximum absolute atomic E-state index is 12.9. The summed E-state index contributed by atoms with van der Waals surface area (Å²) in [6.45, 7) is 6.72. The molecule has 1 fully saturated rings. The van der Waals surface area contributed by atoms with Crippen LogP contribution < -0.4 is 10.2 Å². The van der Waals surface area contributed by atoms with Crippen LogP contribution in [-0.4, -0.2) is 40.3 Å². The molecule has 0 radical (unpaired) electrons. The third-order valence-electron chi connectivity index (χ3n) is 5.66. The van der Waals surface area contributed by atoms with Gasteiger partial charge in [0.2, 0.25) is 0 Å². The van der Waals surface area contributed by atoms with Crippen molar-refractivity contribution in [3.63, 3.8) is 0 Å². The Morgan fingerprint density at radius 1 is 1.17 bits per heavy atom. The van der Waals surface area contributed by atoms with E-state index in [-0.39, 0.29) is 11.6 Å². The van der Waals surface area contributed by atoms with E-state index >= 15 is 0 Å². The van der Waals surface area contributed by atoms with E-state index in [0.717, 1.165) is 22.6 Å². The number of aliphatic hydroxyl groups is 1. The maximum Gasteiger partial charge on any atom is 0.274 e. The molecule has 7 heteroatoms. The summed E-state index contributed by atoms with van der Waals surface area (Å²) < 4.78 is 5.05. The number of nitrogens with zero attached hydrogens (tertiary/aromatic N) is 3. The summed E-state index contributed by atoms with van der Waals surface area (Å²) in [4.78, 5) is 19.5. The van der Waals surface area contributed by atoms with Gasteiger partial charge in [-0.3, -0.25) is 9.78 Å². The van der Waals surface area contributed by atoms with E-state index in [9.17, 15) is 9.90 Å². The molecule has 2 N–H and O–H groups in total. The van der Waals surface area contributed by atoms with Crippen molar-refractivity contribution in [3.05, 3.63) is 76.9 Å². The van der Waals surface area contributed by atoms with E-state index in [1.807, 2.05) is 56.3 Å². The molecule has 0 aliphatic carbocycles. The Morgan fingerprint density at radius 2 is 1.87 bits per heavy atom. The Labute approximate surface area is 175 Å². The van der Waals surface area contributed by atoms with Crippen LogP contribution in [0.2, 0.25) is 0 Å². The van der Waals surface area contributed by atoms with Crippen LogP contribution in [-0.2, 0) is 5.54 Å². The SMILES string of the molecule is Cc1cc(N2CC[C@](NC(=O)c3cc(C)on3)(c3ccccc3)[C@H](O)C2)cc(C)n1. The number of rotatable bonds is 4. The second kappa shape index (κ2) is 7.91. The van der Waals surface area contributed by atoms with Crippen molar-refractivity contribution in [2.75, 3.05) is 18.0 Å². The number of nitrogens with one attached hydrogen (secondary N) is 1. The smallest absolute Gasteiger partial charge is 0.274 e. The van der Waals surface area contributed by atoms with Crippen molar-refractivity contribution in [1.29, 1.82) is 0 Å². The van der Waals surface area contributed by atoms with Gasteiger partial charge in [0.15, 0.2) is 5.69 Å². The van der Waals surface area contributed by atoms with E-state index in [1.165, 1.54) is 0 Å². The molecule has 0 unspecified atom stereocenters. The second-order valence-corrected chi connectivity index (χ2v) is 7.93. The molecule has 3 heterocycles. The van der Waals surface area contributed by atoms with Gasteiger partial charge < -0.3 is 19.8 Å². The summed E-state index contributed by atoms with van der Waals surface area (Å²) in [5, 5.41) is 18.2. The fourth-order valence-corrected chi connectivity index (χ4v) is 4.19. The number of aliphatic hydroxyl groups excluding tert-OH is 1. The molecule has 0 spiro atoms. The number of carbonyl (C=O) groups excluding carboxylic acids is 1. The van der Waals surface area contributed by atoms with Gasteiger partial charge in [-0.25, -0.2) is 0 Å². The van der Waals surface area contributed by atoms with Crippen molar-refractivity contribution in [2.24, 2.45) is 0 Å². The first-order chi connectivity index (χ1) is 14.4. The van der Waals surface area contributed by atoms with Crippen molar-refractivity contribution in [2.45, 2.75) is 38.8 Å². The molecule has 1 aliphatic heterocycles. The third kappa shape index (κ3) is 3.80. The number of carbonyl (C=O) groups is 1. The first-order valence-corrected chi connectivity index (χ1v) is 10.1. The molecule has 1 aliphatic rings. The Hall–Kier alpha value is -3.19. The Bertz CT molecular complexity index is 1030. The van der Waals surface area contributed by atoms with E-state index in [0.29, 0.717) is 25.3 Å².